The highest BCUT2D eigenvalue weighted by atomic mass is 35.5. The summed E-state index contributed by atoms with van der Waals surface area (Å²) in [5, 5.41) is 0.552. The summed E-state index contributed by atoms with van der Waals surface area (Å²) < 4.78 is 0. The van der Waals surface area contributed by atoms with Crippen LogP contribution in [0.2, 0.25) is 0 Å². The Kier molecular flexibility index (Phi) is 3.54. The van der Waals surface area contributed by atoms with Crippen LogP contribution in [-0.2, 0) is 0 Å². The summed E-state index contributed by atoms with van der Waals surface area (Å²) in [7, 11) is 0. The van der Waals surface area contributed by atoms with Crippen molar-refractivity contribution in [2.24, 2.45) is 5.73 Å². The van der Waals surface area contributed by atoms with Crippen LogP contribution in [0.25, 0.3) is 21.9 Å². The fourth-order valence-corrected chi connectivity index (χ4v) is 1.85. The molecule has 2 aromatic carbocycles. The minimum absolute atomic E-state index is 0.552. The van der Waals surface area contributed by atoms with Crippen LogP contribution >= 0.6 is 11.6 Å². The first kappa shape index (κ1) is 12.5. The second-order valence-electron chi connectivity index (χ2n) is 4.08. The number of hydrogen-bond donors (Lipinski definition) is 1. The van der Waals surface area contributed by atoms with Gasteiger partial charge in [0.15, 0.2) is 0 Å². The maximum absolute atomic E-state index is 5.84. The van der Waals surface area contributed by atoms with Gasteiger partial charge in [0.05, 0.1) is 0 Å². The minimum atomic E-state index is 0.552. The summed E-state index contributed by atoms with van der Waals surface area (Å²) in [6.45, 7) is 7.41. The van der Waals surface area contributed by atoms with E-state index in [0.717, 1.165) is 22.3 Å². The zero-order valence-electron chi connectivity index (χ0n) is 9.99. The van der Waals surface area contributed by atoms with E-state index in [2.05, 4.69) is 13.2 Å². The van der Waals surface area contributed by atoms with Gasteiger partial charge < -0.3 is 5.73 Å². The first-order valence-corrected chi connectivity index (χ1v) is 5.96. The predicted octanol–water partition coefficient (Wildman–Crippen LogP) is 4.49. The molecule has 1 nitrogen and oxygen atoms in total. The van der Waals surface area contributed by atoms with Gasteiger partial charge in [-0.25, -0.2) is 0 Å². The first-order valence-electron chi connectivity index (χ1n) is 5.58. The largest absolute Gasteiger partial charge is 0.399 e. The molecule has 0 aromatic heterocycles. The Morgan fingerprint density at radius 1 is 0.778 bits per heavy atom. The molecular formula is C16H14ClN. The minimum Gasteiger partial charge on any atom is -0.399 e. The number of halogens is 1. The van der Waals surface area contributed by atoms with Gasteiger partial charge in [-0.05, 0) is 22.3 Å². The summed E-state index contributed by atoms with van der Waals surface area (Å²) >= 11 is 5.84. The van der Waals surface area contributed by atoms with Crippen LogP contribution in [0.5, 0.6) is 0 Å². The number of hydrogen-bond acceptors (Lipinski definition) is 1. The Hall–Kier alpha value is -1.99. The molecule has 0 saturated heterocycles. The van der Waals surface area contributed by atoms with Crippen LogP contribution in [-0.4, -0.2) is 0 Å². The van der Waals surface area contributed by atoms with Gasteiger partial charge >= 0.3 is 0 Å². The van der Waals surface area contributed by atoms with Crippen molar-refractivity contribution in [3.8, 4) is 11.1 Å². The third kappa shape index (κ3) is 2.63. The Morgan fingerprint density at radius 3 is 1.50 bits per heavy atom. The SMILES string of the molecule is C=C(N)c1ccc(-c2ccc(C(=C)Cl)cc2)cc1. The lowest BCUT2D eigenvalue weighted by atomic mass is 10.0. The van der Waals surface area contributed by atoms with Crippen molar-refractivity contribution in [1.82, 2.24) is 0 Å². The molecule has 18 heavy (non-hydrogen) atoms. The average molecular weight is 256 g/mol. The van der Waals surface area contributed by atoms with E-state index in [0.29, 0.717) is 10.7 Å². The van der Waals surface area contributed by atoms with Gasteiger partial charge in [-0.15, -0.1) is 0 Å². The molecule has 2 heteroatoms. The van der Waals surface area contributed by atoms with E-state index in [1.54, 1.807) is 0 Å². The second-order valence-corrected chi connectivity index (χ2v) is 4.54. The monoisotopic (exact) mass is 255 g/mol. The van der Waals surface area contributed by atoms with Crippen molar-refractivity contribution in [1.29, 1.82) is 0 Å². The average Bonchev–Trinajstić information content (AvgIpc) is 2.39. The molecule has 0 saturated carbocycles. The van der Waals surface area contributed by atoms with Crippen LogP contribution in [0.3, 0.4) is 0 Å². The lowest BCUT2D eigenvalue weighted by molar-refractivity contribution is 1.52. The van der Waals surface area contributed by atoms with Crippen molar-refractivity contribution >= 4 is 22.3 Å². The highest BCUT2D eigenvalue weighted by Crippen LogP contribution is 2.24. The zero-order valence-corrected chi connectivity index (χ0v) is 10.7. The van der Waals surface area contributed by atoms with Crippen LogP contribution in [0, 0.1) is 0 Å². The number of nitrogens with two attached hydrogens (primary N) is 1. The molecule has 0 bridgehead atoms. The molecule has 0 radical (unpaired) electrons. The molecular weight excluding hydrogens is 242 g/mol. The molecule has 2 aromatic rings. The highest BCUT2D eigenvalue weighted by Gasteiger charge is 2.00. The maximum Gasteiger partial charge on any atom is 0.0406 e. The molecule has 0 atom stereocenters. The standard InChI is InChI=1S/C16H14ClN/c1-11(17)13-3-7-15(8-4-13)16-9-5-14(6-10-16)12(2)18/h3-10H,1-2,18H2. The quantitative estimate of drug-likeness (QED) is 0.859. The van der Waals surface area contributed by atoms with Gasteiger partial charge in [-0.3, -0.25) is 0 Å². The van der Waals surface area contributed by atoms with Gasteiger partial charge in [0.25, 0.3) is 0 Å². The highest BCUT2D eigenvalue weighted by molar-refractivity contribution is 6.48. The fraction of sp³-hybridized carbons (Fsp3) is 0. The van der Waals surface area contributed by atoms with Crippen molar-refractivity contribution in [2.45, 2.75) is 0 Å². The number of benzene rings is 2. The maximum atomic E-state index is 5.84. The first-order chi connectivity index (χ1) is 8.58. The van der Waals surface area contributed by atoms with E-state index in [-0.39, 0.29) is 0 Å². The molecule has 0 unspecified atom stereocenters. The molecule has 0 aliphatic heterocycles. The Labute approximate surface area is 112 Å². The number of rotatable bonds is 3. The third-order valence-corrected chi connectivity index (χ3v) is 3.01. The van der Waals surface area contributed by atoms with Gasteiger partial charge in [-0.2, -0.15) is 0 Å². The van der Waals surface area contributed by atoms with E-state index >= 15 is 0 Å². The van der Waals surface area contributed by atoms with E-state index in [4.69, 9.17) is 17.3 Å². The molecule has 90 valence electrons. The van der Waals surface area contributed by atoms with E-state index in [1.165, 1.54) is 0 Å². The molecule has 0 amide bonds. The normalized spacial score (nSPS) is 10.1. The van der Waals surface area contributed by atoms with Crippen molar-refractivity contribution in [2.75, 3.05) is 0 Å². The second kappa shape index (κ2) is 5.11. The van der Waals surface area contributed by atoms with E-state index in [9.17, 15) is 0 Å². The van der Waals surface area contributed by atoms with E-state index < -0.39 is 0 Å². The summed E-state index contributed by atoms with van der Waals surface area (Å²) in [6, 6.07) is 15.9. The van der Waals surface area contributed by atoms with Gasteiger partial charge in [0, 0.05) is 10.7 Å². The van der Waals surface area contributed by atoms with E-state index in [1.807, 2.05) is 48.5 Å². The molecule has 0 fully saturated rings. The summed E-state index contributed by atoms with van der Waals surface area (Å²) in [5.74, 6) is 0. The molecule has 0 aliphatic rings. The van der Waals surface area contributed by atoms with Crippen LogP contribution in [0.4, 0.5) is 0 Å². The fourth-order valence-electron chi connectivity index (χ4n) is 1.72. The van der Waals surface area contributed by atoms with Gasteiger partial charge in [0.1, 0.15) is 0 Å². The molecule has 2 N–H and O–H groups in total. The van der Waals surface area contributed by atoms with Gasteiger partial charge in [0.2, 0.25) is 0 Å². The van der Waals surface area contributed by atoms with Crippen molar-refractivity contribution in [3.63, 3.8) is 0 Å². The smallest absolute Gasteiger partial charge is 0.0406 e. The molecule has 0 spiro atoms. The topological polar surface area (TPSA) is 26.0 Å². The summed E-state index contributed by atoms with van der Waals surface area (Å²) in [5.41, 5.74) is 10.4. The Bertz CT molecular complexity index is 524. The molecule has 2 rings (SSSR count). The molecule has 0 aliphatic carbocycles. The lowest BCUT2D eigenvalue weighted by Crippen LogP contribution is -1.93. The van der Waals surface area contributed by atoms with Crippen molar-refractivity contribution < 1.29 is 0 Å². The van der Waals surface area contributed by atoms with Crippen molar-refractivity contribution in [3.05, 3.63) is 72.8 Å². The summed E-state index contributed by atoms with van der Waals surface area (Å²) in [6.07, 6.45) is 0. The van der Waals surface area contributed by atoms with Crippen LogP contribution in [0.1, 0.15) is 11.1 Å². The van der Waals surface area contributed by atoms with Crippen LogP contribution in [0.15, 0.2) is 61.7 Å². The summed E-state index contributed by atoms with van der Waals surface area (Å²) in [4.78, 5) is 0. The Balaban J connectivity index is 2.31. The predicted molar refractivity (Wildman–Crippen MR) is 80.0 cm³/mol. The van der Waals surface area contributed by atoms with Crippen LogP contribution < -0.4 is 5.73 Å². The van der Waals surface area contributed by atoms with Gasteiger partial charge in [-0.1, -0.05) is 73.3 Å². The lowest BCUT2D eigenvalue weighted by Gasteiger charge is -2.05. The Morgan fingerprint density at radius 2 is 1.17 bits per heavy atom. The zero-order chi connectivity index (χ0) is 13.1. The third-order valence-electron chi connectivity index (χ3n) is 2.79. The molecule has 0 heterocycles.